The molecule has 0 aromatic rings. The maximum atomic E-state index is 9.47. The zero-order chi connectivity index (χ0) is 7.11. The molecular formula is C5H8N2O2. The molecule has 0 amide bonds. The first-order chi connectivity index (χ1) is 4.31. The van der Waals surface area contributed by atoms with Gasteiger partial charge in [-0.2, -0.15) is 10.2 Å². The van der Waals surface area contributed by atoms with Gasteiger partial charge in [-0.3, -0.25) is 0 Å². The van der Waals surface area contributed by atoms with E-state index in [2.05, 4.69) is 5.18 Å². The molecule has 0 fully saturated rings. The van der Waals surface area contributed by atoms with Gasteiger partial charge in [0.1, 0.15) is 0 Å². The number of nitriles is 1. The van der Waals surface area contributed by atoms with Crippen LogP contribution < -0.4 is 0 Å². The van der Waals surface area contributed by atoms with Gasteiger partial charge in [-0.05, 0) is 6.42 Å². The highest BCUT2D eigenvalue weighted by molar-refractivity contribution is 4.75. The van der Waals surface area contributed by atoms with E-state index in [1.165, 1.54) is 0 Å². The predicted molar refractivity (Wildman–Crippen MR) is 31.5 cm³/mol. The van der Waals surface area contributed by atoms with Crippen molar-refractivity contribution in [2.24, 2.45) is 5.18 Å². The summed E-state index contributed by atoms with van der Waals surface area (Å²) in [5.74, 6) is 0. The average Bonchev–Trinajstić information content (AvgIpc) is 1.85. The fourth-order valence-electron chi connectivity index (χ4n) is 0.409. The number of aliphatic hydroxyl groups excluding tert-OH is 1. The predicted octanol–water partition coefficient (Wildman–Crippen LogP) is 0.417. The highest BCUT2D eigenvalue weighted by Crippen LogP contribution is 1.95. The van der Waals surface area contributed by atoms with Crippen LogP contribution >= 0.6 is 0 Å². The summed E-state index contributed by atoms with van der Waals surface area (Å²) >= 11 is 0. The van der Waals surface area contributed by atoms with E-state index in [1.807, 2.05) is 0 Å². The number of aliphatic hydroxyl groups is 1. The molecule has 0 aliphatic rings. The van der Waals surface area contributed by atoms with Crippen molar-refractivity contribution >= 4 is 0 Å². The van der Waals surface area contributed by atoms with Crippen molar-refractivity contribution in [1.29, 1.82) is 5.26 Å². The van der Waals surface area contributed by atoms with Crippen LogP contribution in [-0.2, 0) is 0 Å². The van der Waals surface area contributed by atoms with Crippen LogP contribution in [0, 0.1) is 16.2 Å². The molecular weight excluding hydrogens is 120 g/mol. The Morgan fingerprint density at radius 1 is 1.78 bits per heavy atom. The summed E-state index contributed by atoms with van der Waals surface area (Å²) in [4.78, 5) is 9.47. The molecule has 0 unspecified atom stereocenters. The van der Waals surface area contributed by atoms with Crippen molar-refractivity contribution in [3.8, 4) is 6.07 Å². The first-order valence-electron chi connectivity index (χ1n) is 2.65. The van der Waals surface area contributed by atoms with Gasteiger partial charge in [0.2, 0.25) is 0 Å². The van der Waals surface area contributed by atoms with Gasteiger partial charge in [0.15, 0.2) is 0 Å². The molecule has 4 heteroatoms. The summed E-state index contributed by atoms with van der Waals surface area (Å²) in [5.41, 5.74) is 0. The molecule has 0 rings (SSSR count). The third-order valence-corrected chi connectivity index (χ3v) is 0.881. The summed E-state index contributed by atoms with van der Waals surface area (Å²) in [6.45, 7) is 0.0862. The maximum Gasteiger partial charge on any atom is 0.0836 e. The molecule has 9 heavy (non-hydrogen) atoms. The molecule has 0 heterocycles. The quantitative estimate of drug-likeness (QED) is 0.557. The van der Waals surface area contributed by atoms with E-state index in [1.54, 1.807) is 6.07 Å². The van der Waals surface area contributed by atoms with Gasteiger partial charge >= 0.3 is 0 Å². The van der Waals surface area contributed by atoms with Crippen LogP contribution in [0.4, 0.5) is 0 Å². The first-order valence-corrected chi connectivity index (χ1v) is 2.65. The molecule has 4 nitrogen and oxygen atoms in total. The minimum Gasteiger partial charge on any atom is -0.392 e. The zero-order valence-electron chi connectivity index (χ0n) is 4.95. The number of hydrogen-bond donors (Lipinski definition) is 1. The van der Waals surface area contributed by atoms with E-state index in [4.69, 9.17) is 10.4 Å². The number of rotatable bonds is 4. The molecule has 1 N–H and O–H groups in total. The van der Waals surface area contributed by atoms with Gasteiger partial charge in [-0.25, -0.2) is 0 Å². The Balaban J connectivity index is 3.17. The Morgan fingerprint density at radius 3 is 2.89 bits per heavy atom. The third-order valence-electron chi connectivity index (χ3n) is 0.881. The molecule has 0 saturated heterocycles. The lowest BCUT2D eigenvalue weighted by Gasteiger charge is -1.99. The Morgan fingerprint density at radius 2 is 2.44 bits per heavy atom. The Kier molecular flexibility index (Phi) is 4.64. The standard InChI is InChI=1S/C5H8N2O2/c6-3-1-5(8)2-4-7-9/h5,8H,1-2,4H2/t5-/m1/s1. The summed E-state index contributed by atoms with van der Waals surface area (Å²) in [6, 6.07) is 1.78. The van der Waals surface area contributed by atoms with Gasteiger partial charge in [-0.15, -0.1) is 0 Å². The molecule has 0 saturated carbocycles. The second kappa shape index (κ2) is 5.19. The second-order valence-electron chi connectivity index (χ2n) is 1.66. The topological polar surface area (TPSA) is 73.4 Å². The Labute approximate surface area is 53.1 Å². The molecule has 1 atom stereocenters. The lowest BCUT2D eigenvalue weighted by Crippen LogP contribution is -2.05. The van der Waals surface area contributed by atoms with Gasteiger partial charge < -0.3 is 5.11 Å². The highest BCUT2D eigenvalue weighted by Gasteiger charge is 2.00. The van der Waals surface area contributed by atoms with Gasteiger partial charge in [0.25, 0.3) is 0 Å². The fourth-order valence-corrected chi connectivity index (χ4v) is 0.409. The van der Waals surface area contributed by atoms with E-state index in [0.29, 0.717) is 0 Å². The van der Waals surface area contributed by atoms with Crippen molar-refractivity contribution in [1.82, 2.24) is 0 Å². The molecule has 0 aliphatic carbocycles. The second-order valence-corrected chi connectivity index (χ2v) is 1.66. The van der Waals surface area contributed by atoms with E-state index in [-0.39, 0.29) is 19.4 Å². The molecule has 0 spiro atoms. The van der Waals surface area contributed by atoms with Crippen molar-refractivity contribution < 1.29 is 5.11 Å². The van der Waals surface area contributed by atoms with Crippen molar-refractivity contribution in [2.45, 2.75) is 18.9 Å². The maximum absolute atomic E-state index is 9.47. The van der Waals surface area contributed by atoms with Gasteiger partial charge in [0, 0.05) is 0 Å². The average molecular weight is 128 g/mol. The number of nitrogens with zero attached hydrogens (tertiary/aromatic N) is 2. The fraction of sp³-hybridized carbons (Fsp3) is 0.800. The van der Waals surface area contributed by atoms with E-state index < -0.39 is 6.10 Å². The SMILES string of the molecule is N#CC[C@@H](O)CCN=O. The Bertz CT molecular complexity index is 119. The molecule has 0 radical (unpaired) electrons. The molecule has 50 valence electrons. The van der Waals surface area contributed by atoms with Crippen LogP contribution in [0.5, 0.6) is 0 Å². The van der Waals surface area contributed by atoms with E-state index in [9.17, 15) is 4.91 Å². The van der Waals surface area contributed by atoms with Crippen LogP contribution in [0.15, 0.2) is 5.18 Å². The van der Waals surface area contributed by atoms with Crippen molar-refractivity contribution in [3.63, 3.8) is 0 Å². The van der Waals surface area contributed by atoms with Gasteiger partial charge in [-0.1, -0.05) is 5.18 Å². The van der Waals surface area contributed by atoms with E-state index >= 15 is 0 Å². The smallest absolute Gasteiger partial charge is 0.0836 e. The van der Waals surface area contributed by atoms with Crippen LogP contribution in [0.3, 0.4) is 0 Å². The Hall–Kier alpha value is -0.950. The van der Waals surface area contributed by atoms with Crippen molar-refractivity contribution in [2.75, 3.05) is 6.54 Å². The van der Waals surface area contributed by atoms with Crippen molar-refractivity contribution in [3.05, 3.63) is 4.91 Å². The van der Waals surface area contributed by atoms with Crippen LogP contribution in [0.2, 0.25) is 0 Å². The van der Waals surface area contributed by atoms with Crippen LogP contribution in [0.25, 0.3) is 0 Å². The minimum absolute atomic E-state index is 0.0789. The van der Waals surface area contributed by atoms with Crippen LogP contribution in [0.1, 0.15) is 12.8 Å². The van der Waals surface area contributed by atoms with Crippen LogP contribution in [-0.4, -0.2) is 17.8 Å². The molecule has 0 aromatic carbocycles. The summed E-state index contributed by atoms with van der Waals surface area (Å²) in [7, 11) is 0. The summed E-state index contributed by atoms with van der Waals surface area (Å²) in [6.07, 6.45) is -0.320. The van der Waals surface area contributed by atoms with Gasteiger partial charge in [0.05, 0.1) is 25.1 Å². The normalized spacial score (nSPS) is 12.0. The number of hydrogen-bond acceptors (Lipinski definition) is 4. The lowest BCUT2D eigenvalue weighted by atomic mass is 10.2. The zero-order valence-corrected chi connectivity index (χ0v) is 4.95. The largest absolute Gasteiger partial charge is 0.392 e. The monoisotopic (exact) mass is 128 g/mol. The molecule has 0 bridgehead atoms. The highest BCUT2D eigenvalue weighted by atomic mass is 16.3. The minimum atomic E-state index is -0.687. The summed E-state index contributed by atoms with van der Waals surface area (Å²) in [5, 5.41) is 19.3. The number of nitroso groups, excluding NO2 is 1. The first kappa shape index (κ1) is 8.05. The third kappa shape index (κ3) is 4.91. The summed E-state index contributed by atoms with van der Waals surface area (Å²) < 4.78 is 0. The lowest BCUT2D eigenvalue weighted by molar-refractivity contribution is 0.172. The van der Waals surface area contributed by atoms with E-state index in [0.717, 1.165) is 0 Å². The molecule has 0 aromatic heterocycles. The molecule has 0 aliphatic heterocycles.